The first kappa shape index (κ1) is 52.1. The monoisotopic (exact) mass is 635 g/mol. The fourth-order valence-electron chi connectivity index (χ4n) is 4.90. The van der Waals surface area contributed by atoms with E-state index in [1.54, 1.807) is 0 Å². The summed E-state index contributed by atoms with van der Waals surface area (Å²) in [6, 6.07) is 0. The average molecular weight is 635 g/mol. The predicted octanol–water partition coefficient (Wildman–Crippen LogP) is 10.6. The molecule has 0 radical (unpaired) electrons. The van der Waals surface area contributed by atoms with E-state index in [4.69, 9.17) is 22.3 Å². The van der Waals surface area contributed by atoms with Crippen molar-refractivity contribution in [1.29, 1.82) is 0 Å². The van der Waals surface area contributed by atoms with Crippen molar-refractivity contribution in [3.8, 4) is 0 Å². The maximum atomic E-state index is 8.74. The van der Waals surface area contributed by atoms with Crippen LogP contribution in [0.2, 0.25) is 0 Å². The standard InChI is InChI=1S/C32H66O.C2H4.Na.H2O4S.H2O.H/c1-3-5-7-9-11-13-15-17-19-21-23-25-27-29-31-33-32-30-28-26-24-22-20-18-16-14-12-10-8-6-4-2;1-2;;1-5(2,3)4;;/h3-32H2,1-2H3;1-2H2;;(H2,1,2,3,4);1H2;. The molecule has 42 heavy (non-hydrogen) atoms. The van der Waals surface area contributed by atoms with E-state index in [-0.39, 0.29) is 35.0 Å². The van der Waals surface area contributed by atoms with Crippen molar-refractivity contribution in [3.05, 3.63) is 13.2 Å². The molecule has 0 bridgehead atoms. The molecule has 0 spiro atoms. The zero-order valence-electron chi connectivity index (χ0n) is 27.7. The van der Waals surface area contributed by atoms with Crippen LogP contribution in [0.3, 0.4) is 0 Å². The predicted molar refractivity (Wildman–Crippen MR) is 188 cm³/mol. The molecule has 4 N–H and O–H groups in total. The molecule has 0 aromatic rings. The van der Waals surface area contributed by atoms with Crippen molar-refractivity contribution in [2.75, 3.05) is 13.2 Å². The van der Waals surface area contributed by atoms with Crippen molar-refractivity contribution in [2.24, 2.45) is 0 Å². The zero-order chi connectivity index (χ0) is 30.4. The summed E-state index contributed by atoms with van der Waals surface area (Å²) in [6.45, 7) is 12.6. The Morgan fingerprint density at radius 3 is 0.738 bits per heavy atom. The first-order chi connectivity index (χ1) is 19.4. The van der Waals surface area contributed by atoms with Crippen LogP contribution in [0.1, 0.15) is 194 Å². The molecule has 0 atom stereocenters. The van der Waals surface area contributed by atoms with Crippen molar-refractivity contribution in [3.63, 3.8) is 0 Å². The molecular weight excluding hydrogens is 559 g/mol. The topological polar surface area (TPSA) is 115 Å². The van der Waals surface area contributed by atoms with Gasteiger partial charge in [-0.3, -0.25) is 9.11 Å². The second-order valence-corrected chi connectivity index (χ2v) is 12.1. The second-order valence-electron chi connectivity index (χ2n) is 11.3. The van der Waals surface area contributed by atoms with Crippen LogP contribution in [-0.2, 0) is 15.1 Å². The summed E-state index contributed by atoms with van der Waals surface area (Å²) in [5.74, 6) is 0. The first-order valence-electron chi connectivity index (χ1n) is 17.2. The van der Waals surface area contributed by atoms with Crippen LogP contribution in [0.25, 0.3) is 0 Å². The van der Waals surface area contributed by atoms with E-state index in [0.29, 0.717) is 0 Å². The van der Waals surface area contributed by atoms with E-state index in [9.17, 15) is 0 Å². The molecule has 0 saturated carbocycles. The molecule has 8 heteroatoms. The van der Waals surface area contributed by atoms with Crippen molar-refractivity contribution in [2.45, 2.75) is 194 Å². The van der Waals surface area contributed by atoms with Crippen molar-refractivity contribution < 1.29 is 27.7 Å². The fraction of sp³-hybridized carbons (Fsp3) is 0.941. The first-order valence-corrected chi connectivity index (χ1v) is 18.6. The minimum atomic E-state index is -4.67. The Hall–Kier alpha value is 0.530. The van der Waals surface area contributed by atoms with E-state index in [1.807, 2.05) is 0 Å². The summed E-state index contributed by atoms with van der Waals surface area (Å²) in [5, 5.41) is 0. The quantitative estimate of drug-likeness (QED) is 0.0353. The van der Waals surface area contributed by atoms with E-state index in [2.05, 4.69) is 27.0 Å². The molecule has 6 nitrogen and oxygen atoms in total. The maximum absolute atomic E-state index is 8.74. The van der Waals surface area contributed by atoms with Gasteiger partial charge in [-0.1, -0.05) is 181 Å². The average Bonchev–Trinajstić information content (AvgIpc) is 2.92. The van der Waals surface area contributed by atoms with E-state index < -0.39 is 10.4 Å². The molecular formula is C34H75NaO6S. The summed E-state index contributed by atoms with van der Waals surface area (Å²) in [4.78, 5) is 0. The Morgan fingerprint density at radius 2 is 0.571 bits per heavy atom. The van der Waals surface area contributed by atoms with Gasteiger partial charge in [-0.15, -0.1) is 13.2 Å². The van der Waals surface area contributed by atoms with Gasteiger partial charge in [-0.2, -0.15) is 8.42 Å². The van der Waals surface area contributed by atoms with Gasteiger partial charge in [0.05, 0.1) is 0 Å². The molecule has 0 aliphatic heterocycles. The summed E-state index contributed by atoms with van der Waals surface area (Å²) < 4.78 is 37.4. The second kappa shape index (κ2) is 48.4. The number of hydrogen-bond acceptors (Lipinski definition) is 3. The van der Waals surface area contributed by atoms with Crippen LogP contribution in [0.4, 0.5) is 0 Å². The summed E-state index contributed by atoms with van der Waals surface area (Å²) in [5.41, 5.74) is 0. The van der Waals surface area contributed by atoms with Gasteiger partial charge >= 0.3 is 40.0 Å². The molecule has 0 fully saturated rings. The SMILES string of the molecule is C=C.CCCCCCCCCCCCCCCCOCCCCCCCCCCCCCCCC.O.O=S(=O)(O)O.[NaH]. The Bertz CT molecular complexity index is 496. The van der Waals surface area contributed by atoms with Crippen LogP contribution in [0.5, 0.6) is 0 Å². The van der Waals surface area contributed by atoms with E-state index in [1.165, 1.54) is 180 Å². The van der Waals surface area contributed by atoms with Crippen LogP contribution in [0, 0.1) is 0 Å². The molecule has 0 saturated heterocycles. The number of rotatable bonds is 30. The van der Waals surface area contributed by atoms with Crippen LogP contribution >= 0.6 is 0 Å². The molecule has 0 unspecified atom stereocenters. The van der Waals surface area contributed by atoms with Crippen molar-refractivity contribution in [1.82, 2.24) is 0 Å². The van der Waals surface area contributed by atoms with Gasteiger partial charge in [-0.05, 0) is 12.8 Å². The molecule has 254 valence electrons. The van der Waals surface area contributed by atoms with E-state index in [0.717, 1.165) is 13.2 Å². The van der Waals surface area contributed by atoms with Gasteiger partial charge < -0.3 is 10.2 Å². The van der Waals surface area contributed by atoms with Gasteiger partial charge in [0.2, 0.25) is 0 Å². The molecule has 0 heterocycles. The van der Waals surface area contributed by atoms with Crippen LogP contribution < -0.4 is 0 Å². The van der Waals surface area contributed by atoms with Gasteiger partial charge in [-0.25, -0.2) is 0 Å². The molecule has 0 rings (SSSR count). The minimum absolute atomic E-state index is 0. The fourth-order valence-corrected chi connectivity index (χ4v) is 4.90. The number of unbranched alkanes of at least 4 members (excludes halogenated alkanes) is 26. The van der Waals surface area contributed by atoms with Gasteiger partial charge in [0.25, 0.3) is 0 Å². The Kier molecular flexibility index (Phi) is 60.1. The molecule has 0 aromatic carbocycles. The Labute approximate surface area is 286 Å². The van der Waals surface area contributed by atoms with Gasteiger partial charge in [0, 0.05) is 13.2 Å². The van der Waals surface area contributed by atoms with E-state index >= 15 is 0 Å². The number of ether oxygens (including phenoxy) is 1. The van der Waals surface area contributed by atoms with Crippen molar-refractivity contribution >= 4 is 40.0 Å². The summed E-state index contributed by atoms with van der Waals surface area (Å²) in [7, 11) is -4.67. The normalized spacial score (nSPS) is 10.5. The number of hydrogen-bond donors (Lipinski definition) is 2. The third kappa shape index (κ3) is 67.9. The third-order valence-electron chi connectivity index (χ3n) is 7.28. The molecule has 0 aliphatic carbocycles. The van der Waals surface area contributed by atoms with Gasteiger partial charge in [0.1, 0.15) is 0 Å². The van der Waals surface area contributed by atoms with Crippen LogP contribution in [-0.4, -0.2) is 65.8 Å². The Balaban J connectivity index is -0.000000455. The third-order valence-corrected chi connectivity index (χ3v) is 7.28. The zero-order valence-corrected chi connectivity index (χ0v) is 28.5. The molecule has 0 amide bonds. The van der Waals surface area contributed by atoms with Crippen LogP contribution in [0.15, 0.2) is 13.2 Å². The summed E-state index contributed by atoms with van der Waals surface area (Å²) >= 11 is 0. The summed E-state index contributed by atoms with van der Waals surface area (Å²) in [6.07, 6.45) is 40.1. The molecule has 0 aromatic heterocycles. The van der Waals surface area contributed by atoms with Gasteiger partial charge in [0.15, 0.2) is 0 Å². The molecule has 0 aliphatic rings. The Morgan fingerprint density at radius 1 is 0.429 bits per heavy atom.